The van der Waals surface area contributed by atoms with E-state index < -0.39 is 5.97 Å². The number of Topliss-reactive ketones (excluding diaryl/α,β-unsaturated/α-hetero) is 1. The number of hydrogen-bond acceptors (Lipinski definition) is 6. The van der Waals surface area contributed by atoms with E-state index in [1.165, 1.54) is 6.92 Å². The van der Waals surface area contributed by atoms with Crippen molar-refractivity contribution in [3.8, 4) is 0 Å². The third-order valence-electron chi connectivity index (χ3n) is 0.400. The van der Waals surface area contributed by atoms with Crippen LogP contribution in [0.2, 0.25) is 0 Å². The van der Waals surface area contributed by atoms with Gasteiger partial charge in [-0.15, -0.1) is 0 Å². The molecule has 0 atom stereocenters. The Morgan fingerprint density at radius 1 is 1.12 bits per heavy atom. The molecule has 0 aromatic rings. The molecule has 7 heteroatoms. The van der Waals surface area contributed by atoms with Crippen LogP contribution >= 0.6 is 0 Å². The smallest absolute Gasteiger partial charge is 0.310 e. The van der Waals surface area contributed by atoms with E-state index in [4.69, 9.17) is 25.5 Å². The first kappa shape index (κ1) is 29.2. The monoisotopic (exact) mass is 234 g/mol. The lowest BCUT2D eigenvalue weighted by Crippen LogP contribution is -2.00. The van der Waals surface area contributed by atoms with Gasteiger partial charge in [-0.1, -0.05) is 21.3 Å². The van der Waals surface area contributed by atoms with E-state index in [1.54, 1.807) is 0 Å². The first-order chi connectivity index (χ1) is 6.95. The molecular formula is C9H18N2O5. The van der Waals surface area contributed by atoms with Crippen molar-refractivity contribution in [2.24, 2.45) is 0 Å². The molecule has 0 aliphatic carbocycles. The summed E-state index contributed by atoms with van der Waals surface area (Å²) in [5, 5.41) is 18.7. The fourth-order valence-electron chi connectivity index (χ4n) is 0.213. The van der Waals surface area contributed by atoms with E-state index in [0.29, 0.717) is 0 Å². The Balaban J connectivity index is -0.0000000383. The summed E-state index contributed by atoms with van der Waals surface area (Å²) in [5.41, 5.74) is 0. The molecule has 7 nitrogen and oxygen atoms in total. The molecule has 0 amide bonds. The molecule has 0 aliphatic rings. The Morgan fingerprint density at radius 2 is 1.31 bits per heavy atom. The number of nitrogens with one attached hydrogen (secondary N) is 2. The van der Waals surface area contributed by atoms with Crippen LogP contribution in [0, 0.1) is 10.8 Å². The van der Waals surface area contributed by atoms with E-state index in [1.807, 2.05) is 13.8 Å². The molecule has 0 fully saturated rings. The summed E-state index contributed by atoms with van der Waals surface area (Å²) in [6, 6.07) is 0. The first-order valence-electron chi connectivity index (χ1n) is 3.75. The van der Waals surface area contributed by atoms with Gasteiger partial charge in [0.15, 0.2) is 0 Å². The Hall–Kier alpha value is -2.10. The molecule has 0 unspecified atom stereocenters. The molecular weight excluding hydrogens is 216 g/mol. The second kappa shape index (κ2) is 38.4. The van der Waals surface area contributed by atoms with Gasteiger partial charge in [0.05, 0.1) is 0 Å². The molecule has 0 radical (unpaired) electrons. The summed E-state index contributed by atoms with van der Waals surface area (Å²) in [6.07, 6.45) is 1.14. The molecule has 3 N–H and O–H groups in total. The van der Waals surface area contributed by atoms with Gasteiger partial charge in [-0.25, -0.2) is 20.4 Å². The maximum Gasteiger partial charge on any atom is 0.310 e. The van der Waals surface area contributed by atoms with Crippen molar-refractivity contribution in [2.45, 2.75) is 34.6 Å². The van der Waals surface area contributed by atoms with Crippen LogP contribution in [-0.4, -0.2) is 29.0 Å². The minimum absolute atomic E-state index is 0. The van der Waals surface area contributed by atoms with E-state index in [0.717, 1.165) is 12.2 Å². The van der Waals surface area contributed by atoms with Crippen molar-refractivity contribution in [3.63, 3.8) is 0 Å². The van der Waals surface area contributed by atoms with E-state index >= 15 is 0 Å². The number of ketones is 1. The average molecular weight is 234 g/mol. The number of carboxylic acid groups (broad SMARTS) is 1. The van der Waals surface area contributed by atoms with Gasteiger partial charge in [-0.05, 0) is 6.92 Å². The summed E-state index contributed by atoms with van der Waals surface area (Å²) in [6.45, 7) is 5.24. The summed E-state index contributed by atoms with van der Waals surface area (Å²) in [7, 11) is 0. The molecule has 0 saturated carbocycles. The molecule has 16 heavy (non-hydrogen) atoms. The Labute approximate surface area is 94.5 Å². The lowest BCUT2D eigenvalue weighted by molar-refractivity contribution is -0.139. The third kappa shape index (κ3) is 392. The normalized spacial score (nSPS) is 4.94. The molecule has 0 spiro atoms. The fourth-order valence-corrected chi connectivity index (χ4v) is 0.213. The quantitative estimate of drug-likeness (QED) is 0.378. The van der Waals surface area contributed by atoms with Gasteiger partial charge in [-0.3, -0.25) is 9.59 Å². The summed E-state index contributed by atoms with van der Waals surface area (Å²) in [5.74, 6) is -1.37. The minimum Gasteiger partial charge on any atom is -0.481 e. The van der Waals surface area contributed by atoms with E-state index in [2.05, 4.69) is 0 Å². The van der Waals surface area contributed by atoms with Crippen molar-refractivity contribution in [1.29, 1.82) is 10.8 Å². The van der Waals surface area contributed by atoms with Crippen LogP contribution < -0.4 is 0 Å². The zero-order valence-electron chi connectivity index (χ0n) is 8.79. The lowest BCUT2D eigenvalue weighted by atomic mass is 10.3. The number of isocyanates is 2. The predicted molar refractivity (Wildman–Crippen MR) is 57.8 cm³/mol. The van der Waals surface area contributed by atoms with Gasteiger partial charge in [0.25, 0.3) is 0 Å². The molecule has 0 saturated heterocycles. The standard InChI is InChI=1S/C4H6O3.C2H6.2CHNO.CH4/c1-3(5)2-4(6)7;1-2;2*2-1-3;/h2H2,1H3,(H,6,7);1-2H3;2*2H;1H4. The van der Waals surface area contributed by atoms with Gasteiger partial charge in [0.1, 0.15) is 12.2 Å². The van der Waals surface area contributed by atoms with Gasteiger partial charge in [-0.2, -0.15) is 0 Å². The highest BCUT2D eigenvalue weighted by Crippen LogP contribution is 1.77. The fraction of sp³-hybridized carbons (Fsp3) is 0.556. The number of hydrogen-bond donors (Lipinski definition) is 3. The zero-order chi connectivity index (χ0) is 13.3. The predicted octanol–water partition coefficient (Wildman–Crippen LogP) is 1.51. The van der Waals surface area contributed by atoms with Crippen molar-refractivity contribution in [3.05, 3.63) is 0 Å². The maximum absolute atomic E-state index is 9.87. The third-order valence-corrected chi connectivity index (χ3v) is 0.400. The van der Waals surface area contributed by atoms with Crippen molar-refractivity contribution in [2.75, 3.05) is 0 Å². The second-order valence-electron chi connectivity index (χ2n) is 1.48. The van der Waals surface area contributed by atoms with Crippen LogP contribution in [0.3, 0.4) is 0 Å². The highest BCUT2D eigenvalue weighted by Gasteiger charge is 1.98. The SMILES string of the molecule is C.CC.CC(=O)CC(=O)O.N=C=O.N=C=O. The highest BCUT2D eigenvalue weighted by molar-refractivity contribution is 5.93. The second-order valence-corrected chi connectivity index (χ2v) is 1.48. The number of carbonyl (C=O) groups excluding carboxylic acids is 3. The van der Waals surface area contributed by atoms with Crippen LogP contribution in [0.15, 0.2) is 0 Å². The number of carbonyl (C=O) groups is 2. The Bertz CT molecular complexity index is 202. The van der Waals surface area contributed by atoms with Crippen molar-refractivity contribution in [1.82, 2.24) is 0 Å². The van der Waals surface area contributed by atoms with Crippen LogP contribution in [-0.2, 0) is 19.2 Å². The van der Waals surface area contributed by atoms with E-state index in [-0.39, 0.29) is 19.6 Å². The lowest BCUT2D eigenvalue weighted by Gasteiger charge is -1.80. The molecule has 94 valence electrons. The van der Waals surface area contributed by atoms with Gasteiger partial charge in [0, 0.05) is 0 Å². The molecule has 0 aromatic carbocycles. The summed E-state index contributed by atoms with van der Waals surface area (Å²) in [4.78, 5) is 36.2. The van der Waals surface area contributed by atoms with Gasteiger partial charge < -0.3 is 5.11 Å². The summed E-state index contributed by atoms with van der Waals surface area (Å²) < 4.78 is 0. The van der Waals surface area contributed by atoms with Crippen LogP contribution in [0.4, 0.5) is 0 Å². The Morgan fingerprint density at radius 3 is 1.31 bits per heavy atom. The highest BCUT2D eigenvalue weighted by atomic mass is 16.4. The van der Waals surface area contributed by atoms with Crippen LogP contribution in [0.5, 0.6) is 0 Å². The average Bonchev–Trinajstić information content (AvgIpc) is 2.07. The number of aliphatic carboxylic acids is 1. The Kier molecular flexibility index (Phi) is 70.0. The van der Waals surface area contributed by atoms with Crippen LogP contribution in [0.25, 0.3) is 0 Å². The minimum atomic E-state index is -1.06. The molecule has 0 rings (SSSR count). The zero-order valence-corrected chi connectivity index (χ0v) is 8.79. The molecule has 0 bridgehead atoms. The summed E-state index contributed by atoms with van der Waals surface area (Å²) >= 11 is 0. The largest absolute Gasteiger partial charge is 0.481 e. The molecule has 0 aliphatic heterocycles. The van der Waals surface area contributed by atoms with Crippen molar-refractivity contribution >= 4 is 23.9 Å². The number of rotatable bonds is 2. The molecule has 0 aromatic heterocycles. The first-order valence-corrected chi connectivity index (χ1v) is 3.75. The number of carboxylic acids is 1. The van der Waals surface area contributed by atoms with Gasteiger partial charge in [0.2, 0.25) is 12.2 Å². The van der Waals surface area contributed by atoms with Gasteiger partial charge >= 0.3 is 5.97 Å². The van der Waals surface area contributed by atoms with E-state index in [9.17, 15) is 9.59 Å². The molecule has 0 heterocycles. The van der Waals surface area contributed by atoms with Crippen LogP contribution in [0.1, 0.15) is 34.6 Å². The maximum atomic E-state index is 9.87. The van der Waals surface area contributed by atoms with Crippen molar-refractivity contribution < 1.29 is 24.3 Å². The topological polar surface area (TPSA) is 136 Å².